The molecule has 2 rings (SSSR count). The van der Waals surface area contributed by atoms with Gasteiger partial charge in [-0.1, -0.05) is 35.5 Å². The predicted octanol–water partition coefficient (Wildman–Crippen LogP) is 3.46. The van der Waals surface area contributed by atoms with Crippen LogP contribution in [0.1, 0.15) is 16.7 Å². The van der Waals surface area contributed by atoms with Crippen molar-refractivity contribution in [3.63, 3.8) is 0 Å². The molecule has 0 unspecified atom stereocenters. The summed E-state index contributed by atoms with van der Waals surface area (Å²) in [5.74, 6) is 1.32. The summed E-state index contributed by atoms with van der Waals surface area (Å²) in [6.45, 7) is 2.28. The molecule has 0 aliphatic rings. The second-order valence-electron chi connectivity index (χ2n) is 4.83. The van der Waals surface area contributed by atoms with Gasteiger partial charge < -0.3 is 14.3 Å². The van der Waals surface area contributed by atoms with Gasteiger partial charge in [0.1, 0.15) is 19.8 Å². The smallest absolute Gasteiger partial charge is 0.187 e. The maximum Gasteiger partial charge on any atom is 0.187 e. The van der Waals surface area contributed by atoms with E-state index in [0.29, 0.717) is 23.7 Å². The van der Waals surface area contributed by atoms with Crippen LogP contribution in [0.4, 0.5) is 0 Å². The molecule has 0 saturated carbocycles. The first-order valence-electron chi connectivity index (χ1n) is 7.06. The van der Waals surface area contributed by atoms with E-state index >= 15 is 0 Å². The first-order valence-corrected chi connectivity index (χ1v) is 7.06. The Balaban J connectivity index is 2.25. The molecule has 0 radical (unpaired) electrons. The number of hydrogen-bond donors (Lipinski definition) is 0. The van der Waals surface area contributed by atoms with Gasteiger partial charge in [-0.15, -0.1) is 0 Å². The van der Waals surface area contributed by atoms with Crippen LogP contribution in [0, 0.1) is 18.3 Å². The Morgan fingerprint density at radius 3 is 2.61 bits per heavy atom. The molecule has 0 amide bonds. The minimum Gasteiger partial charge on any atom is -0.493 e. The fourth-order valence-corrected chi connectivity index (χ4v) is 2.15. The van der Waals surface area contributed by atoms with Gasteiger partial charge in [-0.25, -0.2) is 0 Å². The van der Waals surface area contributed by atoms with E-state index in [1.165, 1.54) is 7.11 Å². The second-order valence-corrected chi connectivity index (χ2v) is 4.83. The molecule has 23 heavy (non-hydrogen) atoms. The highest BCUT2D eigenvalue weighted by Gasteiger charge is 2.11. The third kappa shape index (κ3) is 4.01. The molecule has 0 aliphatic heterocycles. The summed E-state index contributed by atoms with van der Waals surface area (Å²) in [6, 6.07) is 15.2. The van der Waals surface area contributed by atoms with E-state index < -0.39 is 0 Å². The Morgan fingerprint density at radius 2 is 1.91 bits per heavy atom. The van der Waals surface area contributed by atoms with E-state index in [2.05, 4.69) is 5.16 Å². The zero-order chi connectivity index (χ0) is 16.7. The molecule has 5 nitrogen and oxygen atoms in total. The van der Waals surface area contributed by atoms with Gasteiger partial charge >= 0.3 is 0 Å². The number of benzene rings is 2. The maximum atomic E-state index is 9.21. The highest BCUT2D eigenvalue weighted by Crippen LogP contribution is 2.28. The van der Waals surface area contributed by atoms with Gasteiger partial charge in [0.2, 0.25) is 0 Å². The number of nitrogens with zero attached hydrogens (tertiary/aromatic N) is 2. The lowest BCUT2D eigenvalue weighted by molar-refractivity contribution is 0.214. The average Bonchev–Trinajstić information content (AvgIpc) is 2.59. The molecule has 0 heterocycles. The molecule has 0 atom stereocenters. The Bertz CT molecular complexity index is 748. The van der Waals surface area contributed by atoms with Gasteiger partial charge in [-0.05, 0) is 30.2 Å². The van der Waals surface area contributed by atoms with Crippen molar-refractivity contribution in [2.45, 2.75) is 13.5 Å². The summed E-state index contributed by atoms with van der Waals surface area (Å²) in [5, 5.41) is 13.0. The van der Waals surface area contributed by atoms with Crippen LogP contribution in [-0.2, 0) is 11.4 Å². The van der Waals surface area contributed by atoms with Crippen molar-refractivity contribution in [1.29, 1.82) is 5.26 Å². The molecule has 2 aromatic rings. The molecule has 0 aliphatic carbocycles. The van der Waals surface area contributed by atoms with Gasteiger partial charge in [0.05, 0.1) is 7.11 Å². The average molecular weight is 310 g/mol. The van der Waals surface area contributed by atoms with Gasteiger partial charge in [0.25, 0.3) is 0 Å². The van der Waals surface area contributed by atoms with Crippen molar-refractivity contribution >= 4 is 5.71 Å². The summed E-state index contributed by atoms with van der Waals surface area (Å²) in [7, 11) is 3.02. The monoisotopic (exact) mass is 310 g/mol. The van der Waals surface area contributed by atoms with E-state index in [9.17, 15) is 5.26 Å². The molecule has 0 N–H and O–H groups in total. The third-order valence-electron chi connectivity index (χ3n) is 3.26. The van der Waals surface area contributed by atoms with Gasteiger partial charge in [-0.2, -0.15) is 5.26 Å². The van der Waals surface area contributed by atoms with E-state index in [1.54, 1.807) is 7.11 Å². The Kier molecular flexibility index (Phi) is 5.59. The van der Waals surface area contributed by atoms with Crippen LogP contribution < -0.4 is 9.47 Å². The quantitative estimate of drug-likeness (QED) is 0.605. The molecular formula is C18H18N2O3. The van der Waals surface area contributed by atoms with Crippen LogP contribution in [0.15, 0.2) is 47.6 Å². The lowest BCUT2D eigenvalue weighted by atomic mass is 10.0. The fourth-order valence-electron chi connectivity index (χ4n) is 2.15. The number of aryl methyl sites for hydroxylation is 1. The van der Waals surface area contributed by atoms with Crippen LogP contribution >= 0.6 is 0 Å². The van der Waals surface area contributed by atoms with Crippen molar-refractivity contribution in [1.82, 2.24) is 0 Å². The molecule has 0 fully saturated rings. The van der Waals surface area contributed by atoms with E-state index in [0.717, 1.165) is 11.1 Å². The zero-order valence-corrected chi connectivity index (χ0v) is 13.4. The summed E-state index contributed by atoms with van der Waals surface area (Å²) in [4.78, 5) is 4.72. The van der Waals surface area contributed by atoms with Crippen molar-refractivity contribution in [3.8, 4) is 17.6 Å². The van der Waals surface area contributed by atoms with Crippen LogP contribution in [0.2, 0.25) is 0 Å². The molecule has 0 aromatic heterocycles. The Morgan fingerprint density at radius 1 is 1.13 bits per heavy atom. The molecule has 0 saturated heterocycles. The molecule has 118 valence electrons. The standard InChI is InChI=1S/C18H18N2O3/c1-13-8-9-17(18(10-13)21-2)23-12-14-6-4-5-7-15(14)16(11-19)20-22-3/h4-10H,12H2,1-3H3. The summed E-state index contributed by atoms with van der Waals surface area (Å²) in [5.41, 5.74) is 2.83. The number of ether oxygens (including phenoxy) is 2. The summed E-state index contributed by atoms with van der Waals surface area (Å²) >= 11 is 0. The molecule has 5 heteroatoms. The topological polar surface area (TPSA) is 63.8 Å². The van der Waals surface area contributed by atoms with Crippen LogP contribution in [0.5, 0.6) is 11.5 Å². The fraction of sp³-hybridized carbons (Fsp3) is 0.222. The van der Waals surface area contributed by atoms with Crippen molar-refractivity contribution in [3.05, 3.63) is 59.2 Å². The number of oxime groups is 1. The lowest BCUT2D eigenvalue weighted by Crippen LogP contribution is -2.06. The summed E-state index contributed by atoms with van der Waals surface area (Å²) in [6.07, 6.45) is 0. The second kappa shape index (κ2) is 7.85. The van der Waals surface area contributed by atoms with E-state index in [-0.39, 0.29) is 5.71 Å². The van der Waals surface area contributed by atoms with Crippen molar-refractivity contribution in [2.75, 3.05) is 14.2 Å². The first-order chi connectivity index (χ1) is 11.2. The van der Waals surface area contributed by atoms with E-state index in [1.807, 2.05) is 55.5 Å². The number of rotatable bonds is 6. The SMILES string of the molecule is CON=C(C#N)c1ccccc1COc1ccc(C)cc1OC. The van der Waals surface area contributed by atoms with Crippen LogP contribution in [0.25, 0.3) is 0 Å². The van der Waals surface area contributed by atoms with E-state index in [4.69, 9.17) is 14.3 Å². The zero-order valence-electron chi connectivity index (χ0n) is 13.4. The van der Waals surface area contributed by atoms with Gasteiger partial charge in [0, 0.05) is 5.56 Å². The minimum absolute atomic E-state index is 0.211. The van der Waals surface area contributed by atoms with Crippen LogP contribution in [0.3, 0.4) is 0 Å². The maximum absolute atomic E-state index is 9.21. The molecular weight excluding hydrogens is 292 g/mol. The number of hydrogen-bond acceptors (Lipinski definition) is 5. The first kappa shape index (κ1) is 16.4. The minimum atomic E-state index is 0.211. The lowest BCUT2D eigenvalue weighted by Gasteiger charge is -2.13. The number of methoxy groups -OCH3 is 1. The molecule has 2 aromatic carbocycles. The van der Waals surface area contributed by atoms with Gasteiger partial charge in [-0.3, -0.25) is 0 Å². The molecule has 0 bridgehead atoms. The van der Waals surface area contributed by atoms with Crippen molar-refractivity contribution in [2.24, 2.45) is 5.16 Å². The van der Waals surface area contributed by atoms with Crippen molar-refractivity contribution < 1.29 is 14.3 Å². The predicted molar refractivity (Wildman–Crippen MR) is 87.7 cm³/mol. The van der Waals surface area contributed by atoms with Crippen LogP contribution in [-0.4, -0.2) is 19.9 Å². The Labute approximate surface area is 135 Å². The Hall–Kier alpha value is -3.00. The normalized spacial score (nSPS) is 10.8. The molecule has 0 spiro atoms. The number of nitriles is 1. The third-order valence-corrected chi connectivity index (χ3v) is 3.26. The largest absolute Gasteiger partial charge is 0.493 e. The highest BCUT2D eigenvalue weighted by molar-refractivity contribution is 6.12. The van der Waals surface area contributed by atoms with Gasteiger partial charge in [0.15, 0.2) is 17.2 Å². The highest BCUT2D eigenvalue weighted by atomic mass is 16.6. The summed E-state index contributed by atoms with van der Waals surface area (Å²) < 4.78 is 11.2.